The zero-order chi connectivity index (χ0) is 13.2. The van der Waals surface area contributed by atoms with Crippen LogP contribution in [-0.2, 0) is 6.61 Å². The summed E-state index contributed by atoms with van der Waals surface area (Å²) in [4.78, 5) is 4.36. The second-order valence-electron chi connectivity index (χ2n) is 4.46. The molecule has 0 saturated heterocycles. The number of fused-ring (bicyclic) bond motifs is 1. The Morgan fingerprint density at radius 1 is 1.21 bits per heavy atom. The Morgan fingerprint density at radius 3 is 2.84 bits per heavy atom. The Bertz CT molecular complexity index is 699. The van der Waals surface area contributed by atoms with Gasteiger partial charge in [0.05, 0.1) is 23.0 Å². The van der Waals surface area contributed by atoms with E-state index in [4.69, 9.17) is 9.26 Å². The summed E-state index contributed by atoms with van der Waals surface area (Å²) in [5, 5.41) is 4.98. The lowest BCUT2D eigenvalue weighted by Gasteiger charge is -2.06. The molecule has 4 nitrogen and oxygen atoms in total. The van der Waals surface area contributed by atoms with Crippen LogP contribution in [0.5, 0.6) is 5.75 Å². The topological polar surface area (TPSA) is 48.2 Å². The van der Waals surface area contributed by atoms with Crippen molar-refractivity contribution in [1.82, 2.24) is 10.1 Å². The third-order valence-corrected chi connectivity index (χ3v) is 3.13. The molecule has 0 atom stereocenters. The minimum Gasteiger partial charge on any atom is -0.487 e. The van der Waals surface area contributed by atoms with Crippen molar-refractivity contribution in [2.24, 2.45) is 0 Å². The summed E-state index contributed by atoms with van der Waals surface area (Å²) in [6.45, 7) is 4.24. The van der Waals surface area contributed by atoms with Crippen LogP contribution < -0.4 is 4.74 Å². The molecule has 0 N–H and O–H groups in total. The molecule has 3 aromatic rings. The number of aromatic nitrogens is 2. The molecule has 0 aliphatic carbocycles. The number of aryl methyl sites for hydroxylation is 2. The maximum Gasteiger partial charge on any atom is 0.140 e. The van der Waals surface area contributed by atoms with Crippen LogP contribution in [-0.4, -0.2) is 10.1 Å². The van der Waals surface area contributed by atoms with E-state index in [0.717, 1.165) is 33.7 Å². The van der Waals surface area contributed by atoms with Gasteiger partial charge in [-0.3, -0.25) is 4.98 Å². The van der Waals surface area contributed by atoms with E-state index in [-0.39, 0.29) is 0 Å². The molecule has 0 unspecified atom stereocenters. The fourth-order valence-electron chi connectivity index (χ4n) is 1.99. The monoisotopic (exact) mass is 254 g/mol. The number of nitrogens with zero attached hydrogens (tertiary/aromatic N) is 2. The van der Waals surface area contributed by atoms with Gasteiger partial charge in [0.25, 0.3) is 0 Å². The van der Waals surface area contributed by atoms with Gasteiger partial charge < -0.3 is 9.26 Å². The van der Waals surface area contributed by atoms with Gasteiger partial charge in [-0.25, -0.2) is 0 Å². The molecule has 0 spiro atoms. The Balaban J connectivity index is 1.82. The first-order valence-corrected chi connectivity index (χ1v) is 6.13. The zero-order valence-corrected chi connectivity index (χ0v) is 10.9. The van der Waals surface area contributed by atoms with Crippen LogP contribution in [0.25, 0.3) is 10.9 Å². The minimum atomic E-state index is 0.446. The first kappa shape index (κ1) is 11.7. The van der Waals surface area contributed by atoms with Crippen LogP contribution >= 0.6 is 0 Å². The van der Waals surface area contributed by atoms with E-state index >= 15 is 0 Å². The highest BCUT2D eigenvalue weighted by Gasteiger charge is 2.09. The van der Waals surface area contributed by atoms with Crippen LogP contribution in [0.4, 0.5) is 0 Å². The normalized spacial score (nSPS) is 10.8. The van der Waals surface area contributed by atoms with E-state index in [2.05, 4.69) is 10.1 Å². The SMILES string of the molecule is Cc1noc(C)c1COc1cnc2ccccc2c1. The van der Waals surface area contributed by atoms with Gasteiger partial charge in [0.15, 0.2) is 0 Å². The molecule has 0 bridgehead atoms. The van der Waals surface area contributed by atoms with Gasteiger partial charge in [0.1, 0.15) is 18.1 Å². The van der Waals surface area contributed by atoms with Crippen LogP contribution in [0.1, 0.15) is 17.0 Å². The number of ether oxygens (including phenoxy) is 1. The van der Waals surface area contributed by atoms with E-state index in [1.165, 1.54) is 0 Å². The lowest BCUT2D eigenvalue weighted by atomic mass is 10.2. The molecule has 0 radical (unpaired) electrons. The molecule has 19 heavy (non-hydrogen) atoms. The summed E-state index contributed by atoms with van der Waals surface area (Å²) in [5.74, 6) is 1.55. The van der Waals surface area contributed by atoms with Gasteiger partial charge in [-0.2, -0.15) is 0 Å². The molecule has 0 saturated carbocycles. The summed E-state index contributed by atoms with van der Waals surface area (Å²) in [6.07, 6.45) is 1.74. The van der Waals surface area contributed by atoms with Crippen molar-refractivity contribution in [1.29, 1.82) is 0 Å². The highest BCUT2D eigenvalue weighted by molar-refractivity contribution is 5.79. The third kappa shape index (κ3) is 2.29. The molecule has 0 aliphatic rings. The maximum atomic E-state index is 5.76. The number of para-hydroxylation sites is 1. The number of pyridine rings is 1. The molecule has 2 aromatic heterocycles. The lowest BCUT2D eigenvalue weighted by Crippen LogP contribution is -1.98. The number of hydrogen-bond donors (Lipinski definition) is 0. The largest absolute Gasteiger partial charge is 0.487 e. The van der Waals surface area contributed by atoms with Crippen molar-refractivity contribution in [2.75, 3.05) is 0 Å². The molecule has 2 heterocycles. The van der Waals surface area contributed by atoms with Crippen LogP contribution in [0.3, 0.4) is 0 Å². The number of hydrogen-bond acceptors (Lipinski definition) is 4. The Morgan fingerprint density at radius 2 is 2.05 bits per heavy atom. The van der Waals surface area contributed by atoms with Crippen LogP contribution in [0, 0.1) is 13.8 Å². The highest BCUT2D eigenvalue weighted by Crippen LogP contribution is 2.20. The molecule has 0 amide bonds. The molecule has 96 valence electrons. The lowest BCUT2D eigenvalue weighted by molar-refractivity contribution is 0.301. The predicted molar refractivity (Wildman–Crippen MR) is 72.1 cm³/mol. The summed E-state index contributed by atoms with van der Waals surface area (Å²) in [5.41, 5.74) is 2.83. The first-order chi connectivity index (χ1) is 9.24. The number of rotatable bonds is 3. The fraction of sp³-hybridized carbons (Fsp3) is 0.200. The third-order valence-electron chi connectivity index (χ3n) is 3.13. The number of benzene rings is 1. The van der Waals surface area contributed by atoms with Gasteiger partial charge in [-0.05, 0) is 26.0 Å². The molecular formula is C15H14N2O2. The van der Waals surface area contributed by atoms with Crippen molar-refractivity contribution in [3.63, 3.8) is 0 Å². The molecule has 1 aromatic carbocycles. The van der Waals surface area contributed by atoms with Gasteiger partial charge in [0.2, 0.25) is 0 Å². The summed E-state index contributed by atoms with van der Waals surface area (Å²) in [6, 6.07) is 9.95. The van der Waals surface area contributed by atoms with Crippen LogP contribution in [0.15, 0.2) is 41.1 Å². The van der Waals surface area contributed by atoms with Crippen molar-refractivity contribution in [3.8, 4) is 5.75 Å². The molecule has 0 fully saturated rings. The Labute approximate surface area is 111 Å². The van der Waals surface area contributed by atoms with Gasteiger partial charge in [-0.15, -0.1) is 0 Å². The summed E-state index contributed by atoms with van der Waals surface area (Å²) in [7, 11) is 0. The van der Waals surface area contributed by atoms with Crippen LogP contribution in [0.2, 0.25) is 0 Å². The van der Waals surface area contributed by atoms with E-state index in [1.54, 1.807) is 6.20 Å². The van der Waals surface area contributed by atoms with E-state index in [9.17, 15) is 0 Å². The maximum absolute atomic E-state index is 5.76. The first-order valence-electron chi connectivity index (χ1n) is 6.13. The predicted octanol–water partition coefficient (Wildman–Crippen LogP) is 3.42. The quantitative estimate of drug-likeness (QED) is 0.718. The Hall–Kier alpha value is -2.36. The highest BCUT2D eigenvalue weighted by atomic mass is 16.5. The zero-order valence-electron chi connectivity index (χ0n) is 10.9. The second-order valence-corrected chi connectivity index (χ2v) is 4.46. The van der Waals surface area contributed by atoms with Crippen molar-refractivity contribution < 1.29 is 9.26 Å². The average Bonchev–Trinajstić information content (AvgIpc) is 2.76. The van der Waals surface area contributed by atoms with E-state index < -0.39 is 0 Å². The van der Waals surface area contributed by atoms with E-state index in [0.29, 0.717) is 6.61 Å². The Kier molecular flexibility index (Phi) is 2.91. The summed E-state index contributed by atoms with van der Waals surface area (Å²) >= 11 is 0. The molecular weight excluding hydrogens is 240 g/mol. The summed E-state index contributed by atoms with van der Waals surface area (Å²) < 4.78 is 10.9. The van der Waals surface area contributed by atoms with E-state index in [1.807, 2.05) is 44.2 Å². The van der Waals surface area contributed by atoms with Crippen molar-refractivity contribution in [3.05, 3.63) is 53.5 Å². The van der Waals surface area contributed by atoms with Crippen molar-refractivity contribution >= 4 is 10.9 Å². The molecule has 3 rings (SSSR count). The minimum absolute atomic E-state index is 0.446. The van der Waals surface area contributed by atoms with Gasteiger partial charge in [0, 0.05) is 5.39 Å². The average molecular weight is 254 g/mol. The van der Waals surface area contributed by atoms with Gasteiger partial charge in [-0.1, -0.05) is 23.4 Å². The molecule has 0 aliphatic heterocycles. The fourth-order valence-corrected chi connectivity index (χ4v) is 1.99. The smallest absolute Gasteiger partial charge is 0.140 e. The molecule has 4 heteroatoms. The van der Waals surface area contributed by atoms with Crippen molar-refractivity contribution in [2.45, 2.75) is 20.5 Å². The van der Waals surface area contributed by atoms with Gasteiger partial charge >= 0.3 is 0 Å². The second kappa shape index (κ2) is 4.72. The standard InChI is InChI=1S/C15H14N2O2/c1-10-14(11(2)19-17-10)9-18-13-7-12-5-3-4-6-15(12)16-8-13/h3-8H,9H2,1-2H3.